The van der Waals surface area contributed by atoms with Gasteiger partial charge in [-0.3, -0.25) is 10.00 Å². The maximum Gasteiger partial charge on any atom is 0.0638 e. The Bertz CT molecular complexity index is 619. The van der Waals surface area contributed by atoms with E-state index in [1.807, 2.05) is 0 Å². The first kappa shape index (κ1) is 16.2. The van der Waals surface area contributed by atoms with E-state index < -0.39 is 0 Å². The minimum atomic E-state index is 0.622. The molecule has 4 nitrogen and oxygen atoms in total. The highest BCUT2D eigenvalue weighted by Crippen LogP contribution is 2.17. The predicted octanol–water partition coefficient (Wildman–Crippen LogP) is 3.09. The van der Waals surface area contributed by atoms with Crippen LogP contribution in [-0.4, -0.2) is 34.2 Å². The second-order valence-electron chi connectivity index (χ2n) is 6.77. The van der Waals surface area contributed by atoms with E-state index >= 15 is 0 Å². The molecule has 0 spiro atoms. The highest BCUT2D eigenvalue weighted by Gasteiger charge is 2.19. The molecule has 2 aromatic rings. The van der Waals surface area contributed by atoms with Crippen LogP contribution in [0.1, 0.15) is 40.9 Å². The van der Waals surface area contributed by atoms with Gasteiger partial charge in [0.15, 0.2) is 0 Å². The lowest BCUT2D eigenvalue weighted by Crippen LogP contribution is -2.42. The SMILES string of the molecule is Cc1ccccc1CN1CCC(NCc2c(C)n[nH]c2C)CC1. The number of benzene rings is 1. The molecule has 1 aliphatic rings. The Labute approximate surface area is 139 Å². The summed E-state index contributed by atoms with van der Waals surface area (Å²) in [7, 11) is 0. The summed E-state index contributed by atoms with van der Waals surface area (Å²) < 4.78 is 0. The zero-order chi connectivity index (χ0) is 16.2. The first-order chi connectivity index (χ1) is 11.1. The van der Waals surface area contributed by atoms with Gasteiger partial charge in [-0.1, -0.05) is 24.3 Å². The number of piperidine rings is 1. The van der Waals surface area contributed by atoms with E-state index in [9.17, 15) is 0 Å². The van der Waals surface area contributed by atoms with Gasteiger partial charge >= 0.3 is 0 Å². The van der Waals surface area contributed by atoms with Gasteiger partial charge in [-0.25, -0.2) is 0 Å². The predicted molar refractivity (Wildman–Crippen MR) is 94.4 cm³/mol. The van der Waals surface area contributed by atoms with Gasteiger partial charge in [0.2, 0.25) is 0 Å². The number of aromatic amines is 1. The number of nitrogens with one attached hydrogen (secondary N) is 2. The fraction of sp³-hybridized carbons (Fsp3) is 0.526. The summed E-state index contributed by atoms with van der Waals surface area (Å²) in [6.07, 6.45) is 2.45. The van der Waals surface area contributed by atoms with Crippen molar-refractivity contribution in [3.63, 3.8) is 0 Å². The van der Waals surface area contributed by atoms with Gasteiger partial charge in [0.1, 0.15) is 0 Å². The topological polar surface area (TPSA) is 44.0 Å². The number of aryl methyl sites for hydroxylation is 3. The Kier molecular flexibility index (Phi) is 5.13. The zero-order valence-electron chi connectivity index (χ0n) is 14.5. The molecule has 3 rings (SSSR count). The van der Waals surface area contributed by atoms with Crippen LogP contribution in [0.5, 0.6) is 0 Å². The fourth-order valence-corrected chi connectivity index (χ4v) is 3.40. The second-order valence-corrected chi connectivity index (χ2v) is 6.77. The van der Waals surface area contributed by atoms with Crippen molar-refractivity contribution >= 4 is 0 Å². The van der Waals surface area contributed by atoms with Crippen LogP contribution >= 0.6 is 0 Å². The molecule has 0 saturated carbocycles. The summed E-state index contributed by atoms with van der Waals surface area (Å²) >= 11 is 0. The lowest BCUT2D eigenvalue weighted by Gasteiger charge is -2.32. The molecular weight excluding hydrogens is 284 g/mol. The second kappa shape index (κ2) is 7.28. The third-order valence-electron chi connectivity index (χ3n) is 5.09. The van der Waals surface area contributed by atoms with E-state index in [4.69, 9.17) is 0 Å². The zero-order valence-corrected chi connectivity index (χ0v) is 14.5. The van der Waals surface area contributed by atoms with Crippen LogP contribution in [0, 0.1) is 20.8 Å². The summed E-state index contributed by atoms with van der Waals surface area (Å²) in [6.45, 7) is 10.7. The highest BCUT2D eigenvalue weighted by atomic mass is 15.1. The van der Waals surface area contributed by atoms with Crippen molar-refractivity contribution in [2.45, 2.75) is 52.7 Å². The van der Waals surface area contributed by atoms with Gasteiger partial charge in [0.25, 0.3) is 0 Å². The minimum absolute atomic E-state index is 0.622. The Morgan fingerprint density at radius 3 is 2.57 bits per heavy atom. The normalized spacial score (nSPS) is 16.8. The summed E-state index contributed by atoms with van der Waals surface area (Å²) in [5, 5.41) is 11.1. The smallest absolute Gasteiger partial charge is 0.0638 e. The van der Waals surface area contributed by atoms with Gasteiger partial charge in [-0.05, 0) is 57.8 Å². The van der Waals surface area contributed by atoms with Crippen LogP contribution in [0.4, 0.5) is 0 Å². The molecule has 2 heterocycles. The van der Waals surface area contributed by atoms with E-state index in [1.54, 1.807) is 0 Å². The van der Waals surface area contributed by atoms with Gasteiger partial charge in [-0.15, -0.1) is 0 Å². The van der Waals surface area contributed by atoms with E-state index in [0.717, 1.165) is 18.8 Å². The van der Waals surface area contributed by atoms with Crippen molar-refractivity contribution in [3.8, 4) is 0 Å². The molecular formula is C19H28N4. The van der Waals surface area contributed by atoms with Crippen LogP contribution < -0.4 is 5.32 Å². The lowest BCUT2D eigenvalue weighted by atomic mass is 10.0. The number of hydrogen-bond acceptors (Lipinski definition) is 3. The number of H-pyrrole nitrogens is 1. The fourth-order valence-electron chi connectivity index (χ4n) is 3.40. The van der Waals surface area contributed by atoms with Crippen molar-refractivity contribution in [1.29, 1.82) is 0 Å². The molecule has 0 radical (unpaired) electrons. The summed E-state index contributed by atoms with van der Waals surface area (Å²) in [4.78, 5) is 2.58. The number of nitrogens with zero attached hydrogens (tertiary/aromatic N) is 2. The molecule has 1 fully saturated rings. The van der Waals surface area contributed by atoms with Crippen molar-refractivity contribution in [2.24, 2.45) is 0 Å². The van der Waals surface area contributed by atoms with Crippen molar-refractivity contribution in [2.75, 3.05) is 13.1 Å². The Morgan fingerprint density at radius 1 is 1.17 bits per heavy atom. The van der Waals surface area contributed by atoms with Gasteiger partial charge in [0, 0.05) is 30.4 Å². The van der Waals surface area contributed by atoms with Crippen LogP contribution in [0.25, 0.3) is 0 Å². The molecule has 2 N–H and O–H groups in total. The quantitative estimate of drug-likeness (QED) is 0.892. The number of aromatic nitrogens is 2. The number of hydrogen-bond donors (Lipinski definition) is 2. The van der Waals surface area contributed by atoms with Crippen LogP contribution in [0.15, 0.2) is 24.3 Å². The monoisotopic (exact) mass is 312 g/mol. The van der Waals surface area contributed by atoms with E-state index in [-0.39, 0.29) is 0 Å². The summed E-state index contributed by atoms with van der Waals surface area (Å²) in [5.41, 5.74) is 6.49. The molecule has 1 saturated heterocycles. The molecule has 1 aromatic carbocycles. The average Bonchev–Trinajstić information content (AvgIpc) is 2.88. The molecule has 1 aromatic heterocycles. The maximum atomic E-state index is 4.27. The largest absolute Gasteiger partial charge is 0.310 e. The van der Waals surface area contributed by atoms with Crippen molar-refractivity contribution in [1.82, 2.24) is 20.4 Å². The van der Waals surface area contributed by atoms with E-state index in [0.29, 0.717) is 6.04 Å². The number of likely N-dealkylation sites (tertiary alicyclic amines) is 1. The minimum Gasteiger partial charge on any atom is -0.310 e. The molecule has 0 atom stereocenters. The molecule has 0 aliphatic carbocycles. The first-order valence-corrected chi connectivity index (χ1v) is 8.64. The van der Waals surface area contributed by atoms with Gasteiger partial charge in [-0.2, -0.15) is 5.10 Å². The van der Waals surface area contributed by atoms with Crippen LogP contribution in [0.3, 0.4) is 0 Å². The number of rotatable bonds is 5. The standard InChI is InChI=1S/C19H28N4/c1-14-6-4-5-7-17(14)13-23-10-8-18(9-11-23)20-12-19-15(2)21-22-16(19)3/h4-7,18,20H,8-13H2,1-3H3,(H,21,22). The van der Waals surface area contributed by atoms with Gasteiger partial charge in [0.05, 0.1) is 5.69 Å². The van der Waals surface area contributed by atoms with Crippen LogP contribution in [-0.2, 0) is 13.1 Å². The molecule has 1 aliphatic heterocycles. The van der Waals surface area contributed by atoms with Crippen molar-refractivity contribution in [3.05, 3.63) is 52.3 Å². The molecule has 0 unspecified atom stereocenters. The summed E-state index contributed by atoms with van der Waals surface area (Å²) in [6, 6.07) is 9.35. The van der Waals surface area contributed by atoms with Crippen LogP contribution in [0.2, 0.25) is 0 Å². The maximum absolute atomic E-state index is 4.27. The molecule has 124 valence electrons. The third-order valence-corrected chi connectivity index (χ3v) is 5.09. The lowest BCUT2D eigenvalue weighted by molar-refractivity contribution is 0.190. The van der Waals surface area contributed by atoms with E-state index in [1.165, 1.54) is 48.3 Å². The highest BCUT2D eigenvalue weighted by molar-refractivity contribution is 5.25. The Morgan fingerprint density at radius 2 is 1.91 bits per heavy atom. The molecule has 0 bridgehead atoms. The molecule has 23 heavy (non-hydrogen) atoms. The van der Waals surface area contributed by atoms with Crippen molar-refractivity contribution < 1.29 is 0 Å². The van der Waals surface area contributed by atoms with Gasteiger partial charge < -0.3 is 5.32 Å². The Hall–Kier alpha value is -1.65. The molecule has 0 amide bonds. The average molecular weight is 312 g/mol. The molecule has 4 heteroatoms. The third kappa shape index (κ3) is 4.01. The first-order valence-electron chi connectivity index (χ1n) is 8.64. The Balaban J connectivity index is 1.46. The van der Waals surface area contributed by atoms with E-state index in [2.05, 4.69) is 65.5 Å². The summed E-state index contributed by atoms with van der Waals surface area (Å²) in [5.74, 6) is 0.